The Morgan fingerprint density at radius 1 is 1.44 bits per heavy atom. The summed E-state index contributed by atoms with van der Waals surface area (Å²) in [6.45, 7) is 9.82. The van der Waals surface area contributed by atoms with Crippen molar-refractivity contribution in [1.29, 1.82) is 0 Å². The van der Waals surface area contributed by atoms with Gasteiger partial charge in [-0.15, -0.1) is 6.58 Å². The minimum Gasteiger partial charge on any atom is -0.210 e. The van der Waals surface area contributed by atoms with Crippen LogP contribution in [0.1, 0.15) is 25.9 Å². The van der Waals surface area contributed by atoms with Crippen LogP contribution < -0.4 is 4.57 Å². The molecule has 1 aromatic heterocycles. The molecule has 0 amide bonds. The number of hydrogen-bond donors (Lipinski definition) is 0. The molecule has 0 saturated carbocycles. The van der Waals surface area contributed by atoms with Gasteiger partial charge < -0.3 is 0 Å². The van der Waals surface area contributed by atoms with Gasteiger partial charge in [0.25, 0.3) is 12.5 Å². The lowest BCUT2D eigenvalue weighted by Crippen LogP contribution is -2.42. The van der Waals surface area contributed by atoms with Gasteiger partial charge in [0.2, 0.25) is 0 Å². The molecule has 0 aromatic carbocycles. The maximum absolute atomic E-state index is 3.84. The van der Waals surface area contributed by atoms with E-state index in [0.717, 1.165) is 12.8 Å². The summed E-state index contributed by atoms with van der Waals surface area (Å²) in [7, 11) is 0. The quantitative estimate of drug-likeness (QED) is 0.538. The van der Waals surface area contributed by atoms with Crippen molar-refractivity contribution < 1.29 is 9.14 Å². The number of rotatable bonds is 6. The first kappa shape index (κ1) is 12.6. The molecule has 1 aliphatic heterocycles. The number of nitrogens with zero attached hydrogens (tertiary/aromatic N) is 3. The van der Waals surface area contributed by atoms with Gasteiger partial charge in [0, 0.05) is 0 Å². The Morgan fingerprint density at radius 3 is 2.83 bits per heavy atom. The van der Waals surface area contributed by atoms with Crippen LogP contribution in [0.3, 0.4) is 0 Å². The summed E-state index contributed by atoms with van der Waals surface area (Å²) in [5, 5.41) is 0. The lowest BCUT2D eigenvalue weighted by atomic mass is 10.2. The van der Waals surface area contributed by atoms with Crippen molar-refractivity contribution >= 4 is 12.4 Å². The van der Waals surface area contributed by atoms with Crippen molar-refractivity contribution in [3.05, 3.63) is 50.2 Å². The Labute approximate surface area is 109 Å². The molecule has 3 heteroatoms. The lowest BCUT2D eigenvalue weighted by Gasteiger charge is -2.07. The average Bonchev–Trinajstić information content (AvgIpc) is 3.04. The van der Waals surface area contributed by atoms with Gasteiger partial charge in [-0.25, -0.2) is 4.57 Å². The molecule has 3 nitrogen and oxygen atoms in total. The summed E-state index contributed by atoms with van der Waals surface area (Å²) < 4.78 is 6.45. The summed E-state index contributed by atoms with van der Waals surface area (Å²) >= 11 is 0. The molecule has 0 aliphatic carbocycles. The molecular formula is C15H21N3+2. The van der Waals surface area contributed by atoms with Gasteiger partial charge in [-0.1, -0.05) is 19.6 Å². The first-order valence-electron chi connectivity index (χ1n) is 6.42. The third kappa shape index (κ3) is 2.50. The zero-order valence-corrected chi connectivity index (χ0v) is 10.9. The second-order valence-electron chi connectivity index (χ2n) is 4.51. The number of allylic oxidation sites excluding steroid dienone is 2. The monoisotopic (exact) mass is 243 g/mol. The van der Waals surface area contributed by atoms with Crippen LogP contribution in [0.2, 0.25) is 0 Å². The molecule has 0 saturated heterocycles. The first-order chi connectivity index (χ1) is 8.78. The second-order valence-corrected chi connectivity index (χ2v) is 4.51. The van der Waals surface area contributed by atoms with E-state index < -0.39 is 0 Å². The standard InChI is InChI=1S/C15H21N3/c1-4-7-15(17-9-8-14(5-2)12-17)18-11-10-16(6-3)13-18/h5-6,8-15H,2-4,7H2,1H3/q+2. The number of hydrogen-bond acceptors (Lipinski definition) is 0. The van der Waals surface area contributed by atoms with Crippen molar-refractivity contribution in [2.45, 2.75) is 25.9 Å². The van der Waals surface area contributed by atoms with E-state index in [1.165, 1.54) is 0 Å². The van der Waals surface area contributed by atoms with Crippen molar-refractivity contribution in [3.63, 3.8) is 0 Å². The molecule has 0 radical (unpaired) electrons. The molecule has 18 heavy (non-hydrogen) atoms. The fraction of sp³-hybridized carbons (Fsp3) is 0.333. The van der Waals surface area contributed by atoms with Crippen LogP contribution >= 0.6 is 0 Å². The van der Waals surface area contributed by atoms with E-state index in [9.17, 15) is 0 Å². The van der Waals surface area contributed by atoms with Crippen molar-refractivity contribution in [3.8, 4) is 0 Å². The SMILES string of the molecule is C=CC1C=C[N+](C(CCC)[n+]2ccn(C=C)c2)=C1. The molecule has 2 rings (SSSR count). The maximum atomic E-state index is 3.84. The van der Waals surface area contributed by atoms with Crippen molar-refractivity contribution in [2.24, 2.45) is 5.92 Å². The van der Waals surface area contributed by atoms with Gasteiger partial charge in [0.05, 0.1) is 18.5 Å². The largest absolute Gasteiger partial charge is 0.298 e. The predicted molar refractivity (Wildman–Crippen MR) is 74.1 cm³/mol. The molecule has 0 fully saturated rings. The molecule has 2 heterocycles. The van der Waals surface area contributed by atoms with Crippen LogP contribution in [0.15, 0.2) is 50.2 Å². The van der Waals surface area contributed by atoms with Gasteiger partial charge in [0.15, 0.2) is 12.4 Å². The average molecular weight is 243 g/mol. The van der Waals surface area contributed by atoms with Gasteiger partial charge in [-0.05, 0) is 12.5 Å². The van der Waals surface area contributed by atoms with Crippen molar-refractivity contribution in [1.82, 2.24) is 4.57 Å². The lowest BCUT2D eigenvalue weighted by molar-refractivity contribution is -0.863. The van der Waals surface area contributed by atoms with E-state index in [1.54, 1.807) is 6.20 Å². The number of aromatic nitrogens is 2. The van der Waals surface area contributed by atoms with Crippen LogP contribution in [-0.4, -0.2) is 15.4 Å². The highest BCUT2D eigenvalue weighted by Gasteiger charge is 2.28. The molecule has 0 bridgehead atoms. The van der Waals surface area contributed by atoms with Crippen molar-refractivity contribution in [2.75, 3.05) is 0 Å². The van der Waals surface area contributed by atoms with E-state index >= 15 is 0 Å². The van der Waals surface area contributed by atoms with Crippen LogP contribution in [0.5, 0.6) is 0 Å². The minimum atomic E-state index is 0.331. The smallest absolute Gasteiger partial charge is 0.210 e. The molecule has 1 aromatic rings. The number of imidazole rings is 1. The summed E-state index contributed by atoms with van der Waals surface area (Å²) in [6, 6.07) is 0. The van der Waals surface area contributed by atoms with Gasteiger partial charge in [-0.3, -0.25) is 0 Å². The van der Waals surface area contributed by atoms with Gasteiger partial charge in [-0.2, -0.15) is 9.14 Å². The fourth-order valence-electron chi connectivity index (χ4n) is 2.21. The molecule has 0 spiro atoms. The van der Waals surface area contributed by atoms with Crippen LogP contribution in [0.25, 0.3) is 6.20 Å². The van der Waals surface area contributed by atoms with Gasteiger partial charge >= 0.3 is 0 Å². The Balaban J connectivity index is 2.26. The Hall–Kier alpha value is -1.90. The van der Waals surface area contributed by atoms with Crippen LogP contribution in [-0.2, 0) is 0 Å². The third-order valence-corrected chi connectivity index (χ3v) is 3.22. The fourth-order valence-corrected chi connectivity index (χ4v) is 2.21. The maximum Gasteiger partial charge on any atom is 0.298 e. The zero-order valence-electron chi connectivity index (χ0n) is 10.9. The summed E-state index contributed by atoms with van der Waals surface area (Å²) in [5.41, 5.74) is 0. The van der Waals surface area contributed by atoms with Crippen LogP contribution in [0.4, 0.5) is 0 Å². The zero-order chi connectivity index (χ0) is 13.0. The Kier molecular flexibility index (Phi) is 3.92. The normalized spacial score (nSPS) is 19.6. The van der Waals surface area contributed by atoms with E-state index in [2.05, 4.69) is 60.2 Å². The third-order valence-electron chi connectivity index (χ3n) is 3.22. The van der Waals surface area contributed by atoms with E-state index in [-0.39, 0.29) is 0 Å². The molecule has 2 atom stereocenters. The highest BCUT2D eigenvalue weighted by molar-refractivity contribution is 5.62. The van der Waals surface area contributed by atoms with E-state index in [4.69, 9.17) is 0 Å². The van der Waals surface area contributed by atoms with E-state index in [1.807, 2.05) is 16.8 Å². The molecule has 2 unspecified atom stereocenters. The summed E-state index contributed by atoms with van der Waals surface area (Å²) in [5.74, 6) is 0.353. The molecular weight excluding hydrogens is 222 g/mol. The highest BCUT2D eigenvalue weighted by atomic mass is 15.2. The van der Waals surface area contributed by atoms with E-state index in [0.29, 0.717) is 12.1 Å². The predicted octanol–water partition coefficient (Wildman–Crippen LogP) is 2.59. The summed E-state index contributed by atoms with van der Waals surface area (Å²) in [4.78, 5) is 0. The Bertz CT molecular complexity index is 494. The molecule has 0 N–H and O–H groups in total. The molecule has 94 valence electrons. The second kappa shape index (κ2) is 5.63. The topological polar surface area (TPSA) is 11.8 Å². The summed E-state index contributed by atoms with van der Waals surface area (Å²) in [6.07, 6.45) is 19.0. The minimum absolute atomic E-state index is 0.331. The Morgan fingerprint density at radius 2 is 2.28 bits per heavy atom. The van der Waals surface area contributed by atoms with Gasteiger partial charge in [0.1, 0.15) is 12.4 Å². The first-order valence-corrected chi connectivity index (χ1v) is 6.42. The highest BCUT2D eigenvalue weighted by Crippen LogP contribution is 2.14. The molecule has 1 aliphatic rings. The van der Waals surface area contributed by atoms with Crippen LogP contribution in [0, 0.1) is 5.92 Å².